The maximum Gasteiger partial charge on any atom is 0.145 e. The molecule has 0 saturated heterocycles. The van der Waals surface area contributed by atoms with E-state index in [1.54, 1.807) is 0 Å². The molecule has 3 atom stereocenters. The molecule has 3 rings (SSSR count). The Morgan fingerprint density at radius 1 is 1.29 bits per heavy atom. The second-order valence-electron chi connectivity index (χ2n) is 5.32. The van der Waals surface area contributed by atoms with Gasteiger partial charge in [0.2, 0.25) is 0 Å². The van der Waals surface area contributed by atoms with Gasteiger partial charge < -0.3 is 5.73 Å². The monoisotopic (exact) mass is 228 g/mol. The van der Waals surface area contributed by atoms with Crippen LogP contribution in [0.1, 0.15) is 48.7 Å². The summed E-state index contributed by atoms with van der Waals surface area (Å²) in [5, 5.41) is 8.95. The molecule has 88 valence electrons. The van der Waals surface area contributed by atoms with Crippen LogP contribution in [0.15, 0.2) is 0 Å². The van der Waals surface area contributed by atoms with E-state index in [9.17, 15) is 0 Å². The van der Waals surface area contributed by atoms with Crippen LogP contribution >= 0.6 is 0 Å². The molecule has 2 bridgehead atoms. The normalized spacial score (nSPS) is 30.5. The van der Waals surface area contributed by atoms with Crippen molar-refractivity contribution in [2.45, 2.75) is 38.5 Å². The maximum atomic E-state index is 8.95. The van der Waals surface area contributed by atoms with E-state index in [0.717, 1.165) is 23.4 Å². The van der Waals surface area contributed by atoms with Gasteiger partial charge in [-0.3, -0.25) is 0 Å². The number of hydrogen-bond acceptors (Lipinski definition) is 4. The van der Waals surface area contributed by atoms with Crippen molar-refractivity contribution < 1.29 is 0 Å². The van der Waals surface area contributed by atoms with Crippen molar-refractivity contribution in [2.24, 2.45) is 11.8 Å². The van der Waals surface area contributed by atoms with Crippen LogP contribution in [0.2, 0.25) is 0 Å². The van der Waals surface area contributed by atoms with Gasteiger partial charge >= 0.3 is 0 Å². The van der Waals surface area contributed by atoms with E-state index < -0.39 is 0 Å². The molecule has 3 unspecified atom stereocenters. The number of nitriles is 1. The molecule has 1 aromatic heterocycles. The van der Waals surface area contributed by atoms with E-state index in [0.29, 0.717) is 17.3 Å². The zero-order valence-corrected chi connectivity index (χ0v) is 9.98. The molecule has 17 heavy (non-hydrogen) atoms. The molecule has 0 spiro atoms. The lowest BCUT2D eigenvalue weighted by molar-refractivity contribution is 0.405. The van der Waals surface area contributed by atoms with Crippen molar-refractivity contribution in [2.75, 3.05) is 5.73 Å². The molecule has 2 fully saturated rings. The largest absolute Gasteiger partial charge is 0.382 e. The third kappa shape index (κ3) is 1.57. The van der Waals surface area contributed by atoms with Crippen molar-refractivity contribution >= 4 is 5.82 Å². The first kappa shape index (κ1) is 10.5. The molecule has 0 aromatic carbocycles. The Balaban J connectivity index is 1.97. The number of nitrogen functional groups attached to an aromatic ring is 1. The molecule has 2 N–H and O–H groups in total. The fraction of sp³-hybridized carbons (Fsp3) is 0.615. The molecular formula is C13H16N4. The summed E-state index contributed by atoms with van der Waals surface area (Å²) in [5.74, 6) is 3.30. The molecule has 1 aromatic rings. The molecule has 4 heteroatoms. The minimum absolute atomic E-state index is 0.345. The SMILES string of the molecule is Cc1nc(C2CC3CCC2C3)nc(N)c1C#N. The van der Waals surface area contributed by atoms with E-state index in [2.05, 4.69) is 16.0 Å². The number of nitrogens with zero attached hydrogens (tertiary/aromatic N) is 3. The second kappa shape index (κ2) is 3.69. The minimum atomic E-state index is 0.345. The van der Waals surface area contributed by atoms with Gasteiger partial charge in [0.15, 0.2) is 0 Å². The van der Waals surface area contributed by atoms with Crippen LogP contribution in [-0.4, -0.2) is 9.97 Å². The lowest BCUT2D eigenvalue weighted by Gasteiger charge is -2.20. The summed E-state index contributed by atoms with van der Waals surface area (Å²) in [7, 11) is 0. The van der Waals surface area contributed by atoms with E-state index in [1.165, 1.54) is 25.7 Å². The third-order valence-corrected chi connectivity index (χ3v) is 4.32. The van der Waals surface area contributed by atoms with E-state index in [1.807, 2.05) is 6.92 Å². The summed E-state index contributed by atoms with van der Waals surface area (Å²) >= 11 is 0. The lowest BCUT2D eigenvalue weighted by Crippen LogP contribution is -2.14. The number of aromatic nitrogens is 2. The molecule has 4 nitrogen and oxygen atoms in total. The molecule has 1 heterocycles. The highest BCUT2D eigenvalue weighted by Crippen LogP contribution is 2.52. The Bertz CT molecular complexity index is 480. The highest BCUT2D eigenvalue weighted by Gasteiger charge is 2.41. The minimum Gasteiger partial charge on any atom is -0.382 e. The summed E-state index contributed by atoms with van der Waals surface area (Å²) in [5.41, 5.74) is 6.97. The summed E-state index contributed by atoms with van der Waals surface area (Å²) < 4.78 is 0. The fourth-order valence-corrected chi connectivity index (χ4v) is 3.48. The maximum absolute atomic E-state index is 8.95. The van der Waals surface area contributed by atoms with Crippen LogP contribution < -0.4 is 5.73 Å². The molecule has 0 radical (unpaired) electrons. The Morgan fingerprint density at radius 3 is 2.65 bits per heavy atom. The van der Waals surface area contributed by atoms with Crippen molar-refractivity contribution in [1.29, 1.82) is 5.26 Å². The molecule has 0 aliphatic heterocycles. The average Bonchev–Trinajstić information content (AvgIpc) is 2.90. The highest BCUT2D eigenvalue weighted by atomic mass is 15.0. The van der Waals surface area contributed by atoms with Gasteiger partial charge in [0.05, 0.1) is 5.69 Å². The predicted molar refractivity (Wildman–Crippen MR) is 64.1 cm³/mol. The Morgan fingerprint density at radius 2 is 2.12 bits per heavy atom. The summed E-state index contributed by atoms with van der Waals surface area (Å²) in [6, 6.07) is 2.07. The zero-order chi connectivity index (χ0) is 12.0. The van der Waals surface area contributed by atoms with E-state index >= 15 is 0 Å². The lowest BCUT2D eigenvalue weighted by atomic mass is 9.88. The van der Waals surface area contributed by atoms with Crippen LogP contribution in [0.3, 0.4) is 0 Å². The second-order valence-corrected chi connectivity index (χ2v) is 5.32. The van der Waals surface area contributed by atoms with Crippen molar-refractivity contribution in [3.8, 4) is 6.07 Å². The zero-order valence-electron chi connectivity index (χ0n) is 9.98. The summed E-state index contributed by atoms with van der Waals surface area (Å²) in [4.78, 5) is 8.84. The predicted octanol–water partition coefficient (Wildman–Crippen LogP) is 2.14. The summed E-state index contributed by atoms with van der Waals surface area (Å²) in [6.45, 7) is 1.84. The Labute approximate surface area is 101 Å². The quantitative estimate of drug-likeness (QED) is 0.799. The van der Waals surface area contributed by atoms with Gasteiger partial charge in [0, 0.05) is 5.92 Å². The van der Waals surface area contributed by atoms with Crippen LogP contribution in [0, 0.1) is 30.1 Å². The standard InChI is InChI=1S/C13H16N4/c1-7-11(6-14)12(15)17-13(16-7)10-5-8-2-3-9(10)4-8/h8-10H,2-5H2,1H3,(H2,15,16,17). The van der Waals surface area contributed by atoms with Crippen molar-refractivity contribution in [3.05, 3.63) is 17.1 Å². The number of rotatable bonds is 1. The first-order chi connectivity index (χ1) is 8.19. The van der Waals surface area contributed by atoms with Gasteiger partial charge in [0.25, 0.3) is 0 Å². The molecule has 2 aliphatic carbocycles. The van der Waals surface area contributed by atoms with E-state index in [4.69, 9.17) is 11.0 Å². The number of anilines is 1. The molecule has 2 aliphatic rings. The number of fused-ring (bicyclic) bond motifs is 2. The first-order valence-corrected chi connectivity index (χ1v) is 6.23. The van der Waals surface area contributed by atoms with Crippen LogP contribution in [0.5, 0.6) is 0 Å². The molecular weight excluding hydrogens is 212 g/mol. The first-order valence-electron chi connectivity index (χ1n) is 6.23. The van der Waals surface area contributed by atoms with Crippen molar-refractivity contribution in [1.82, 2.24) is 9.97 Å². The van der Waals surface area contributed by atoms with Crippen LogP contribution in [0.4, 0.5) is 5.82 Å². The number of aryl methyl sites for hydroxylation is 1. The average molecular weight is 228 g/mol. The highest BCUT2D eigenvalue weighted by molar-refractivity contribution is 5.50. The van der Waals surface area contributed by atoms with Gasteiger partial charge in [-0.15, -0.1) is 0 Å². The van der Waals surface area contributed by atoms with Crippen molar-refractivity contribution in [3.63, 3.8) is 0 Å². The molecule has 0 amide bonds. The van der Waals surface area contributed by atoms with Gasteiger partial charge in [-0.2, -0.15) is 5.26 Å². The number of hydrogen-bond donors (Lipinski definition) is 1. The van der Waals surface area contributed by atoms with Gasteiger partial charge in [-0.05, 0) is 38.0 Å². The fourth-order valence-electron chi connectivity index (χ4n) is 3.48. The summed E-state index contributed by atoms with van der Waals surface area (Å²) in [6.07, 6.45) is 5.20. The molecule has 2 saturated carbocycles. The Hall–Kier alpha value is -1.63. The smallest absolute Gasteiger partial charge is 0.145 e. The third-order valence-electron chi connectivity index (χ3n) is 4.32. The van der Waals surface area contributed by atoms with Gasteiger partial charge in [0.1, 0.15) is 23.3 Å². The van der Waals surface area contributed by atoms with Gasteiger partial charge in [-0.1, -0.05) is 6.42 Å². The van der Waals surface area contributed by atoms with E-state index in [-0.39, 0.29) is 0 Å². The topological polar surface area (TPSA) is 75.6 Å². The number of nitrogens with two attached hydrogens (primary N) is 1. The van der Waals surface area contributed by atoms with Gasteiger partial charge in [-0.25, -0.2) is 9.97 Å². The van der Waals surface area contributed by atoms with Crippen LogP contribution in [-0.2, 0) is 0 Å². The van der Waals surface area contributed by atoms with Crippen LogP contribution in [0.25, 0.3) is 0 Å². The Kier molecular flexibility index (Phi) is 2.29.